The van der Waals surface area contributed by atoms with Crippen LogP contribution < -0.4 is 0 Å². The van der Waals surface area contributed by atoms with Crippen LogP contribution >= 0.6 is 27.7 Å². The predicted molar refractivity (Wildman–Crippen MR) is 64.4 cm³/mol. The largest absolute Gasteiger partial charge is 0.388 e. The van der Waals surface area contributed by atoms with Gasteiger partial charge in [0.25, 0.3) is 0 Å². The first kappa shape index (κ1) is 11.4. The van der Waals surface area contributed by atoms with E-state index in [4.69, 9.17) is 0 Å². The third-order valence-electron chi connectivity index (χ3n) is 2.68. The minimum atomic E-state index is -0.554. The highest BCUT2D eigenvalue weighted by Crippen LogP contribution is 2.37. The zero-order valence-electron chi connectivity index (χ0n) is 8.34. The fourth-order valence-electron chi connectivity index (χ4n) is 1.78. The molecule has 0 fully saturated rings. The Hall–Kier alpha value is -0.0600. The fourth-order valence-corrected chi connectivity index (χ4v) is 3.76. The first-order valence-corrected chi connectivity index (χ1v) is 6.78. The van der Waals surface area contributed by atoms with E-state index >= 15 is 0 Å². The van der Waals surface area contributed by atoms with Crippen molar-refractivity contribution in [2.75, 3.05) is 5.75 Å². The summed E-state index contributed by atoms with van der Waals surface area (Å²) in [6, 6.07) is 2.91. The molecule has 0 radical (unpaired) electrons. The van der Waals surface area contributed by atoms with E-state index < -0.39 is 6.10 Å². The highest BCUT2D eigenvalue weighted by Gasteiger charge is 2.25. The second kappa shape index (κ2) is 4.44. The molecule has 1 heterocycles. The van der Waals surface area contributed by atoms with Crippen LogP contribution in [0.25, 0.3) is 0 Å². The lowest BCUT2D eigenvalue weighted by molar-refractivity contribution is 0.129. The van der Waals surface area contributed by atoms with Gasteiger partial charge in [-0.3, -0.25) is 0 Å². The van der Waals surface area contributed by atoms with Crippen molar-refractivity contribution in [3.63, 3.8) is 0 Å². The number of rotatable bonds is 0. The number of halogens is 2. The van der Waals surface area contributed by atoms with Gasteiger partial charge in [0.1, 0.15) is 5.82 Å². The highest BCUT2D eigenvalue weighted by molar-refractivity contribution is 9.10. The quantitative estimate of drug-likeness (QED) is 0.789. The second-order valence-electron chi connectivity index (χ2n) is 3.89. The molecule has 2 atom stereocenters. The van der Waals surface area contributed by atoms with E-state index in [2.05, 4.69) is 15.9 Å². The average Bonchev–Trinajstić information content (AvgIpc) is 2.30. The van der Waals surface area contributed by atoms with Crippen LogP contribution in [-0.2, 0) is 5.75 Å². The first-order chi connectivity index (χ1) is 7.09. The first-order valence-electron chi connectivity index (χ1n) is 4.83. The van der Waals surface area contributed by atoms with Gasteiger partial charge < -0.3 is 5.11 Å². The summed E-state index contributed by atoms with van der Waals surface area (Å²) in [5.41, 5.74) is 1.76. The molecule has 2 unspecified atom stereocenters. The number of fused-ring (bicyclic) bond motifs is 1. The minimum Gasteiger partial charge on any atom is -0.388 e. The molecule has 0 saturated heterocycles. The Bertz CT molecular complexity index is 383. The van der Waals surface area contributed by atoms with Crippen molar-refractivity contribution < 1.29 is 9.50 Å². The molecule has 2 rings (SSSR count). The Morgan fingerprint density at radius 2 is 2.27 bits per heavy atom. The molecule has 1 N–H and O–H groups in total. The van der Waals surface area contributed by atoms with Crippen molar-refractivity contribution in [3.05, 3.63) is 33.5 Å². The number of benzene rings is 1. The van der Waals surface area contributed by atoms with Crippen LogP contribution in [-0.4, -0.2) is 10.9 Å². The van der Waals surface area contributed by atoms with Gasteiger partial charge in [-0.05, 0) is 34.9 Å². The van der Waals surface area contributed by atoms with Gasteiger partial charge >= 0.3 is 0 Å². The van der Waals surface area contributed by atoms with Crippen molar-refractivity contribution in [2.24, 2.45) is 5.92 Å². The second-order valence-corrected chi connectivity index (χ2v) is 5.78. The number of thioether (sulfide) groups is 1. The van der Waals surface area contributed by atoms with Gasteiger partial charge in [-0.25, -0.2) is 4.39 Å². The summed E-state index contributed by atoms with van der Waals surface area (Å²) in [6.07, 6.45) is -0.554. The van der Waals surface area contributed by atoms with Gasteiger partial charge in [-0.1, -0.05) is 22.9 Å². The van der Waals surface area contributed by atoms with Gasteiger partial charge in [-0.15, -0.1) is 0 Å². The highest BCUT2D eigenvalue weighted by atomic mass is 79.9. The Morgan fingerprint density at radius 3 is 3.00 bits per heavy atom. The van der Waals surface area contributed by atoms with Crippen LogP contribution in [0, 0.1) is 11.7 Å². The van der Waals surface area contributed by atoms with Crippen molar-refractivity contribution >= 4 is 27.7 Å². The van der Waals surface area contributed by atoms with Crippen molar-refractivity contribution in [3.8, 4) is 0 Å². The zero-order chi connectivity index (χ0) is 11.0. The fraction of sp³-hybridized carbons (Fsp3) is 0.455. The van der Waals surface area contributed by atoms with Gasteiger partial charge in [0.05, 0.1) is 6.10 Å². The van der Waals surface area contributed by atoms with Crippen LogP contribution in [0.2, 0.25) is 0 Å². The maximum Gasteiger partial charge on any atom is 0.124 e. The molecule has 82 valence electrons. The molecule has 1 aromatic rings. The molecule has 0 amide bonds. The standard InChI is InChI=1S/C11H12BrFOS/c1-6-4-15-5-9-8(11(6)14)2-7(13)3-10(9)12/h2-3,6,11,14H,4-5H2,1H3. The van der Waals surface area contributed by atoms with Crippen LogP contribution in [0.1, 0.15) is 24.2 Å². The molecule has 1 nitrogen and oxygen atoms in total. The molecule has 15 heavy (non-hydrogen) atoms. The molecule has 0 aromatic heterocycles. The summed E-state index contributed by atoms with van der Waals surface area (Å²) in [7, 11) is 0. The summed E-state index contributed by atoms with van der Waals surface area (Å²) in [4.78, 5) is 0. The van der Waals surface area contributed by atoms with Crippen molar-refractivity contribution in [1.82, 2.24) is 0 Å². The third kappa shape index (κ3) is 2.22. The monoisotopic (exact) mass is 290 g/mol. The van der Waals surface area contributed by atoms with Crippen LogP contribution in [0.15, 0.2) is 16.6 Å². The summed E-state index contributed by atoms with van der Waals surface area (Å²) in [5, 5.41) is 10.1. The maximum absolute atomic E-state index is 13.2. The number of aliphatic hydroxyl groups is 1. The van der Waals surface area contributed by atoms with Crippen molar-refractivity contribution in [1.29, 1.82) is 0 Å². The maximum atomic E-state index is 13.2. The van der Waals surface area contributed by atoms with E-state index in [0.717, 1.165) is 27.1 Å². The average molecular weight is 291 g/mol. The molecule has 1 aliphatic rings. The van der Waals surface area contributed by atoms with E-state index in [9.17, 15) is 9.50 Å². The predicted octanol–water partition coefficient (Wildman–Crippen LogP) is 3.50. The Labute approximate surface area is 101 Å². The van der Waals surface area contributed by atoms with Crippen LogP contribution in [0.5, 0.6) is 0 Å². The topological polar surface area (TPSA) is 20.2 Å². The van der Waals surface area contributed by atoms with Crippen LogP contribution in [0.3, 0.4) is 0 Å². The molecular weight excluding hydrogens is 279 g/mol. The van der Waals surface area contributed by atoms with E-state index in [1.54, 1.807) is 11.8 Å². The minimum absolute atomic E-state index is 0.171. The summed E-state index contributed by atoms with van der Waals surface area (Å²) in [5.74, 6) is 1.62. The van der Waals surface area contributed by atoms with Gasteiger partial charge in [-0.2, -0.15) is 11.8 Å². The molecule has 4 heteroatoms. The lowest BCUT2D eigenvalue weighted by atomic mass is 9.95. The third-order valence-corrected chi connectivity index (χ3v) is 4.64. The van der Waals surface area contributed by atoms with Gasteiger partial charge in [0.15, 0.2) is 0 Å². The summed E-state index contributed by atoms with van der Waals surface area (Å²) >= 11 is 5.13. The van der Waals surface area contributed by atoms with E-state index in [1.165, 1.54) is 12.1 Å². The number of hydrogen-bond donors (Lipinski definition) is 1. The molecule has 0 saturated carbocycles. The van der Waals surface area contributed by atoms with Gasteiger partial charge in [0, 0.05) is 10.2 Å². The molecule has 0 bridgehead atoms. The lowest BCUT2D eigenvalue weighted by Crippen LogP contribution is -2.11. The Morgan fingerprint density at radius 1 is 1.53 bits per heavy atom. The smallest absolute Gasteiger partial charge is 0.124 e. The van der Waals surface area contributed by atoms with Crippen LogP contribution in [0.4, 0.5) is 4.39 Å². The number of hydrogen-bond acceptors (Lipinski definition) is 2. The Kier molecular flexibility index (Phi) is 3.38. The summed E-state index contributed by atoms with van der Waals surface area (Å²) < 4.78 is 14.0. The molecule has 0 spiro atoms. The summed E-state index contributed by atoms with van der Waals surface area (Å²) in [6.45, 7) is 1.99. The zero-order valence-corrected chi connectivity index (χ0v) is 10.7. The number of aliphatic hydroxyl groups excluding tert-OH is 1. The van der Waals surface area contributed by atoms with Gasteiger partial charge in [0.2, 0.25) is 0 Å². The normalized spacial score (nSPS) is 25.9. The van der Waals surface area contributed by atoms with Crippen molar-refractivity contribution in [2.45, 2.75) is 18.8 Å². The molecular formula is C11H12BrFOS. The SMILES string of the molecule is CC1CSCc2c(Br)cc(F)cc2C1O. The van der Waals surface area contributed by atoms with E-state index in [1.807, 2.05) is 6.92 Å². The molecule has 0 aliphatic carbocycles. The molecule has 1 aromatic carbocycles. The Balaban J connectivity index is 2.53. The van der Waals surface area contributed by atoms with E-state index in [-0.39, 0.29) is 11.7 Å². The molecule has 1 aliphatic heterocycles. The lowest BCUT2D eigenvalue weighted by Gasteiger charge is -2.17. The van der Waals surface area contributed by atoms with E-state index in [0.29, 0.717) is 0 Å².